The summed E-state index contributed by atoms with van der Waals surface area (Å²) in [5, 5.41) is 3.21. The molecule has 4 heteroatoms. The van der Waals surface area contributed by atoms with Crippen LogP contribution in [0.15, 0.2) is 42.5 Å². The normalized spacial score (nSPS) is 17.6. The minimum atomic E-state index is -0.578. The average molecular weight is 247 g/mol. The van der Waals surface area contributed by atoms with Crippen LogP contribution in [-0.2, 0) is 0 Å². The summed E-state index contributed by atoms with van der Waals surface area (Å²) in [6.45, 7) is 0.347. The van der Waals surface area contributed by atoms with E-state index in [1.807, 2.05) is 24.3 Å². The lowest BCUT2D eigenvalue weighted by molar-refractivity contribution is 0.286. The van der Waals surface area contributed by atoms with Gasteiger partial charge in [-0.05, 0) is 29.8 Å². The molecule has 0 aliphatic carbocycles. The molecule has 0 fully saturated rings. The van der Waals surface area contributed by atoms with Crippen molar-refractivity contribution in [1.82, 2.24) is 0 Å². The molecule has 1 heterocycles. The molecule has 18 heavy (non-hydrogen) atoms. The fourth-order valence-corrected chi connectivity index (χ4v) is 2.07. The number of para-hydroxylation sites is 2. The Morgan fingerprint density at radius 1 is 1.06 bits per heavy atom. The Morgan fingerprint density at radius 2 is 1.78 bits per heavy atom. The van der Waals surface area contributed by atoms with Crippen LogP contribution < -0.4 is 10.1 Å². The van der Waals surface area contributed by atoms with Gasteiger partial charge in [-0.3, -0.25) is 0 Å². The highest BCUT2D eigenvalue weighted by molar-refractivity contribution is 5.59. The molecule has 1 atom stereocenters. The summed E-state index contributed by atoms with van der Waals surface area (Å²) in [4.78, 5) is 0. The minimum Gasteiger partial charge on any atom is -0.489 e. The van der Waals surface area contributed by atoms with E-state index < -0.39 is 11.6 Å². The summed E-state index contributed by atoms with van der Waals surface area (Å²) in [5.74, 6) is -0.401. The predicted octanol–water partition coefficient (Wildman–Crippen LogP) is 3.51. The van der Waals surface area contributed by atoms with Crippen LogP contribution in [0.2, 0.25) is 0 Å². The first-order chi connectivity index (χ1) is 8.72. The second-order valence-corrected chi connectivity index (χ2v) is 4.21. The van der Waals surface area contributed by atoms with Crippen molar-refractivity contribution in [3.8, 4) is 5.75 Å². The van der Waals surface area contributed by atoms with Crippen LogP contribution in [0.1, 0.15) is 11.6 Å². The molecular weight excluding hydrogens is 236 g/mol. The number of hydrogen-bond donors (Lipinski definition) is 1. The third-order valence-electron chi connectivity index (χ3n) is 2.91. The Kier molecular flexibility index (Phi) is 2.63. The smallest absolute Gasteiger partial charge is 0.142 e. The summed E-state index contributed by atoms with van der Waals surface area (Å²) >= 11 is 0. The first-order valence-corrected chi connectivity index (χ1v) is 5.67. The Hall–Kier alpha value is -2.10. The van der Waals surface area contributed by atoms with Gasteiger partial charge in [0.25, 0.3) is 0 Å². The summed E-state index contributed by atoms with van der Waals surface area (Å²) in [6, 6.07) is 10.7. The number of ether oxygens (including phenoxy) is 1. The average Bonchev–Trinajstić information content (AvgIpc) is 2.37. The van der Waals surface area contributed by atoms with Crippen molar-refractivity contribution in [2.45, 2.75) is 6.04 Å². The molecule has 1 aliphatic heterocycles. The molecule has 0 radical (unpaired) electrons. The molecule has 0 bridgehead atoms. The fraction of sp³-hybridized carbons (Fsp3) is 0.143. The number of halogens is 2. The minimum absolute atomic E-state index is 0.245. The van der Waals surface area contributed by atoms with E-state index in [1.54, 1.807) is 0 Å². The lowest BCUT2D eigenvalue weighted by Gasteiger charge is -2.27. The van der Waals surface area contributed by atoms with E-state index in [0.717, 1.165) is 17.5 Å². The van der Waals surface area contributed by atoms with E-state index >= 15 is 0 Å². The van der Waals surface area contributed by atoms with Gasteiger partial charge in [-0.25, -0.2) is 8.78 Å². The molecule has 0 aromatic heterocycles. The number of anilines is 1. The van der Waals surface area contributed by atoms with Crippen LogP contribution in [0.3, 0.4) is 0 Å². The maximum Gasteiger partial charge on any atom is 0.142 e. The molecule has 92 valence electrons. The van der Waals surface area contributed by atoms with Crippen molar-refractivity contribution >= 4 is 5.69 Å². The van der Waals surface area contributed by atoms with E-state index in [1.165, 1.54) is 12.1 Å². The zero-order chi connectivity index (χ0) is 12.5. The van der Waals surface area contributed by atoms with Gasteiger partial charge < -0.3 is 10.1 Å². The van der Waals surface area contributed by atoms with Crippen molar-refractivity contribution in [1.29, 1.82) is 0 Å². The van der Waals surface area contributed by atoms with Crippen LogP contribution >= 0.6 is 0 Å². The van der Waals surface area contributed by atoms with Crippen LogP contribution in [-0.4, -0.2) is 6.61 Å². The van der Waals surface area contributed by atoms with Crippen LogP contribution in [0.4, 0.5) is 14.5 Å². The van der Waals surface area contributed by atoms with Crippen molar-refractivity contribution < 1.29 is 13.5 Å². The van der Waals surface area contributed by atoms with Crippen LogP contribution in [0.25, 0.3) is 0 Å². The maximum atomic E-state index is 13.2. The molecule has 0 amide bonds. The van der Waals surface area contributed by atoms with Crippen LogP contribution in [0, 0.1) is 11.6 Å². The molecule has 0 spiro atoms. The molecule has 1 unspecified atom stereocenters. The lowest BCUT2D eigenvalue weighted by Crippen LogP contribution is -2.24. The largest absolute Gasteiger partial charge is 0.489 e. The number of benzene rings is 2. The second kappa shape index (κ2) is 4.29. The zero-order valence-electron chi connectivity index (χ0n) is 9.49. The molecule has 3 rings (SSSR count). The monoisotopic (exact) mass is 247 g/mol. The topological polar surface area (TPSA) is 21.3 Å². The Labute approximate surface area is 103 Å². The maximum absolute atomic E-state index is 13.2. The van der Waals surface area contributed by atoms with Gasteiger partial charge in [-0.2, -0.15) is 0 Å². The van der Waals surface area contributed by atoms with Gasteiger partial charge in [0.15, 0.2) is 0 Å². The summed E-state index contributed by atoms with van der Waals surface area (Å²) in [7, 11) is 0. The highest BCUT2D eigenvalue weighted by Gasteiger charge is 2.20. The third kappa shape index (κ3) is 2.01. The Balaban J connectivity index is 1.91. The van der Waals surface area contributed by atoms with Gasteiger partial charge in [0, 0.05) is 6.07 Å². The van der Waals surface area contributed by atoms with Gasteiger partial charge in [-0.15, -0.1) is 0 Å². The quantitative estimate of drug-likeness (QED) is 0.832. The standard InChI is InChI=1S/C14H11F2NO/c15-10-5-9(6-11(16)7-10)13-8-18-14-4-2-1-3-12(14)17-13/h1-7,13,17H,8H2. The third-order valence-corrected chi connectivity index (χ3v) is 2.91. The van der Waals surface area contributed by atoms with Crippen molar-refractivity contribution in [2.75, 3.05) is 11.9 Å². The molecule has 2 nitrogen and oxygen atoms in total. The molecule has 0 saturated heterocycles. The Bertz CT molecular complexity index is 566. The van der Waals surface area contributed by atoms with Gasteiger partial charge in [0.05, 0.1) is 11.7 Å². The van der Waals surface area contributed by atoms with E-state index in [9.17, 15) is 8.78 Å². The number of nitrogens with one attached hydrogen (secondary N) is 1. The Morgan fingerprint density at radius 3 is 2.56 bits per heavy atom. The highest BCUT2D eigenvalue weighted by Crippen LogP contribution is 2.33. The van der Waals surface area contributed by atoms with Crippen molar-refractivity contribution in [3.05, 3.63) is 59.7 Å². The van der Waals surface area contributed by atoms with E-state index in [-0.39, 0.29) is 6.04 Å². The van der Waals surface area contributed by atoms with Gasteiger partial charge in [-0.1, -0.05) is 12.1 Å². The number of rotatable bonds is 1. The first-order valence-electron chi connectivity index (χ1n) is 5.67. The zero-order valence-corrected chi connectivity index (χ0v) is 9.49. The van der Waals surface area contributed by atoms with E-state index in [2.05, 4.69) is 5.32 Å². The summed E-state index contributed by atoms with van der Waals surface area (Å²) in [5.41, 5.74) is 1.38. The molecule has 0 saturated carbocycles. The molecule has 2 aromatic rings. The lowest BCUT2D eigenvalue weighted by atomic mass is 10.1. The fourth-order valence-electron chi connectivity index (χ4n) is 2.07. The second-order valence-electron chi connectivity index (χ2n) is 4.21. The molecular formula is C14H11F2NO. The van der Waals surface area contributed by atoms with Gasteiger partial charge in [0.1, 0.15) is 24.0 Å². The van der Waals surface area contributed by atoms with Crippen molar-refractivity contribution in [2.24, 2.45) is 0 Å². The highest BCUT2D eigenvalue weighted by atomic mass is 19.1. The van der Waals surface area contributed by atoms with Gasteiger partial charge in [0.2, 0.25) is 0 Å². The molecule has 1 aliphatic rings. The van der Waals surface area contributed by atoms with Crippen molar-refractivity contribution in [3.63, 3.8) is 0 Å². The number of fused-ring (bicyclic) bond motifs is 1. The number of hydrogen-bond acceptors (Lipinski definition) is 2. The van der Waals surface area contributed by atoms with Gasteiger partial charge >= 0.3 is 0 Å². The SMILES string of the molecule is Fc1cc(F)cc(C2COc3ccccc3N2)c1. The van der Waals surface area contributed by atoms with Crippen LogP contribution in [0.5, 0.6) is 5.75 Å². The summed E-state index contributed by atoms with van der Waals surface area (Å²) < 4.78 is 31.9. The first kappa shape index (κ1) is 11.0. The van der Waals surface area contributed by atoms with E-state index in [4.69, 9.17) is 4.74 Å². The summed E-state index contributed by atoms with van der Waals surface area (Å²) in [6.07, 6.45) is 0. The predicted molar refractivity (Wildman–Crippen MR) is 64.7 cm³/mol. The molecule has 1 N–H and O–H groups in total. The molecule has 2 aromatic carbocycles. The van der Waals surface area contributed by atoms with E-state index in [0.29, 0.717) is 12.2 Å².